The summed E-state index contributed by atoms with van der Waals surface area (Å²) in [6.45, 7) is 3.21. The molecule has 6 N–H and O–H groups in total. The summed E-state index contributed by atoms with van der Waals surface area (Å²) < 4.78 is 20.4. The number of nitrogen functional groups attached to an aromatic ring is 1. The number of nitrogens with one attached hydrogen (secondary N) is 1. The minimum absolute atomic E-state index is 0.0940. The van der Waals surface area contributed by atoms with Gasteiger partial charge in [0.15, 0.2) is 0 Å². The molecule has 1 fully saturated rings. The van der Waals surface area contributed by atoms with Gasteiger partial charge < -0.3 is 16.2 Å². The predicted molar refractivity (Wildman–Crippen MR) is 95.9 cm³/mol. The number of aryl methyl sites for hydroxylation is 1. The Hall–Kier alpha value is -1.77. The van der Waals surface area contributed by atoms with Crippen molar-refractivity contribution in [3.8, 4) is 0 Å². The van der Waals surface area contributed by atoms with Gasteiger partial charge in [0.1, 0.15) is 10.6 Å². The maximum atomic E-state index is 11.1. The van der Waals surface area contributed by atoms with Crippen molar-refractivity contribution in [2.45, 2.75) is 43.4 Å². The fraction of sp³-hybridized carbons (Fsp3) is 0.500. The Labute approximate surface area is 142 Å². The van der Waals surface area contributed by atoms with E-state index in [1.165, 1.54) is 0 Å². The molecule has 1 unspecified atom stereocenters. The van der Waals surface area contributed by atoms with E-state index in [1.54, 1.807) is 13.8 Å². The highest BCUT2D eigenvalue weighted by atomic mass is 32.3. The summed E-state index contributed by atoms with van der Waals surface area (Å²) in [5.74, 6) is 0.207. The number of amidine groups is 1. The number of fused-ring (bicyclic) bond motifs is 2. The SMILES string of the molecule is CC1(C)/C(=N\C(=O)O)NC2(CCCc3ccc(N)cc32)CS1(O)O. The second kappa shape index (κ2) is 5.37. The molecule has 7 nitrogen and oxygen atoms in total. The largest absolute Gasteiger partial charge is 0.463 e. The zero-order chi connectivity index (χ0) is 17.8. The van der Waals surface area contributed by atoms with Crippen LogP contribution in [0.4, 0.5) is 10.5 Å². The molecule has 1 saturated heterocycles. The number of carbonyl (C=O) groups is 1. The van der Waals surface area contributed by atoms with Crippen LogP contribution in [0.1, 0.15) is 37.8 Å². The van der Waals surface area contributed by atoms with Gasteiger partial charge in [0.2, 0.25) is 0 Å². The molecule has 8 heteroatoms. The second-order valence-corrected chi connectivity index (χ2v) is 9.68. The van der Waals surface area contributed by atoms with Crippen LogP contribution in [0.3, 0.4) is 0 Å². The van der Waals surface area contributed by atoms with Gasteiger partial charge in [-0.2, -0.15) is 15.6 Å². The molecular formula is C16H23N3O4S. The molecule has 0 saturated carbocycles. The molecule has 3 rings (SSSR count). The van der Waals surface area contributed by atoms with Crippen LogP contribution in [0.2, 0.25) is 0 Å². The fourth-order valence-electron chi connectivity index (χ4n) is 3.60. The summed E-state index contributed by atoms with van der Waals surface area (Å²) in [4.78, 5) is 14.8. The van der Waals surface area contributed by atoms with Crippen LogP contribution in [0, 0.1) is 0 Å². The number of nitrogens with zero attached hydrogens (tertiary/aromatic N) is 1. The van der Waals surface area contributed by atoms with Crippen LogP contribution >= 0.6 is 10.6 Å². The van der Waals surface area contributed by atoms with Crippen molar-refractivity contribution in [1.82, 2.24) is 5.32 Å². The predicted octanol–water partition coefficient (Wildman–Crippen LogP) is 3.01. The van der Waals surface area contributed by atoms with Crippen molar-refractivity contribution in [1.29, 1.82) is 0 Å². The Balaban J connectivity index is 2.17. The van der Waals surface area contributed by atoms with Gasteiger partial charge in [0.05, 0.1) is 11.3 Å². The number of anilines is 1. The maximum Gasteiger partial charge on any atom is 0.432 e. The first-order valence-corrected chi connectivity index (χ1v) is 9.54. The van der Waals surface area contributed by atoms with Crippen molar-refractivity contribution in [2.75, 3.05) is 11.5 Å². The molecule has 1 aromatic carbocycles. The number of benzene rings is 1. The van der Waals surface area contributed by atoms with Crippen molar-refractivity contribution >= 4 is 28.2 Å². The Morgan fingerprint density at radius 3 is 2.75 bits per heavy atom. The molecule has 2 aliphatic rings. The molecule has 0 bridgehead atoms. The number of rotatable bonds is 0. The van der Waals surface area contributed by atoms with E-state index in [-0.39, 0.29) is 11.6 Å². The lowest BCUT2D eigenvalue weighted by atomic mass is 9.77. The van der Waals surface area contributed by atoms with Gasteiger partial charge in [-0.15, -0.1) is 0 Å². The quantitative estimate of drug-likeness (QED) is 0.456. The Morgan fingerprint density at radius 1 is 1.38 bits per heavy atom. The van der Waals surface area contributed by atoms with Crippen LogP contribution in [0.15, 0.2) is 23.2 Å². The average Bonchev–Trinajstić information content (AvgIpc) is 2.45. The normalized spacial score (nSPS) is 30.4. The lowest BCUT2D eigenvalue weighted by Gasteiger charge is -2.58. The topological polar surface area (TPSA) is 128 Å². The number of carboxylic acid groups (broad SMARTS) is 1. The molecule has 0 aromatic heterocycles. The molecule has 24 heavy (non-hydrogen) atoms. The highest BCUT2D eigenvalue weighted by Gasteiger charge is 2.54. The zero-order valence-electron chi connectivity index (χ0n) is 13.7. The summed E-state index contributed by atoms with van der Waals surface area (Å²) in [6.07, 6.45) is 1.04. The van der Waals surface area contributed by atoms with Crippen LogP contribution in [-0.2, 0) is 12.0 Å². The molecule has 1 amide bonds. The number of hydrogen-bond donors (Lipinski definition) is 5. The van der Waals surface area contributed by atoms with E-state index >= 15 is 0 Å². The lowest BCUT2D eigenvalue weighted by molar-refractivity contribution is 0.205. The van der Waals surface area contributed by atoms with Crippen LogP contribution in [0.5, 0.6) is 0 Å². The van der Waals surface area contributed by atoms with Gasteiger partial charge in [-0.05, 0) is 56.4 Å². The Bertz CT molecular complexity index is 732. The van der Waals surface area contributed by atoms with Crippen LogP contribution < -0.4 is 11.1 Å². The second-order valence-electron chi connectivity index (χ2n) is 7.04. The van der Waals surface area contributed by atoms with Crippen LogP contribution in [-0.4, -0.2) is 36.6 Å². The number of hydrogen-bond acceptors (Lipinski definition) is 4. The first kappa shape index (κ1) is 17.1. The van der Waals surface area contributed by atoms with Crippen molar-refractivity contribution in [2.24, 2.45) is 4.99 Å². The molecule has 1 atom stereocenters. The fourth-order valence-corrected chi connectivity index (χ4v) is 5.43. The number of nitrogens with two attached hydrogens (primary N) is 1. The first-order valence-electron chi connectivity index (χ1n) is 7.82. The zero-order valence-corrected chi connectivity index (χ0v) is 14.6. The third-order valence-corrected chi connectivity index (χ3v) is 7.82. The molecule has 1 aliphatic carbocycles. The van der Waals surface area contributed by atoms with Gasteiger partial charge in [0, 0.05) is 5.69 Å². The highest BCUT2D eigenvalue weighted by Crippen LogP contribution is 2.60. The molecule has 1 aliphatic heterocycles. The van der Waals surface area contributed by atoms with E-state index in [0.717, 1.165) is 24.0 Å². The smallest absolute Gasteiger partial charge is 0.432 e. The highest BCUT2D eigenvalue weighted by molar-refractivity contribution is 8.26. The average molecular weight is 353 g/mol. The molecule has 1 aromatic rings. The summed E-state index contributed by atoms with van der Waals surface area (Å²) in [5, 5.41) is 12.3. The third kappa shape index (κ3) is 2.54. The van der Waals surface area contributed by atoms with Crippen molar-refractivity contribution in [3.63, 3.8) is 0 Å². The standard InChI is InChI=1S/C16H23N3O4S/c1-15(2)13(18-14(20)21)19-16(9-24(15,22)23)7-3-4-10-5-6-11(17)8-12(10)16/h5-6,8,22-23H,3-4,7,9,17H2,1-2H3,(H,18,19)(H,20,21). The van der Waals surface area contributed by atoms with E-state index in [9.17, 15) is 13.9 Å². The summed E-state index contributed by atoms with van der Waals surface area (Å²) in [6, 6.07) is 5.62. The monoisotopic (exact) mass is 353 g/mol. The van der Waals surface area contributed by atoms with Gasteiger partial charge in [0.25, 0.3) is 0 Å². The van der Waals surface area contributed by atoms with Gasteiger partial charge in [-0.1, -0.05) is 6.07 Å². The van der Waals surface area contributed by atoms with E-state index in [2.05, 4.69) is 10.3 Å². The molecule has 132 valence electrons. The Morgan fingerprint density at radius 2 is 2.08 bits per heavy atom. The first-order chi connectivity index (χ1) is 11.1. The third-order valence-electron chi connectivity index (χ3n) is 5.10. The van der Waals surface area contributed by atoms with E-state index in [1.807, 2.05) is 18.2 Å². The van der Waals surface area contributed by atoms with E-state index < -0.39 is 27.0 Å². The van der Waals surface area contributed by atoms with E-state index in [4.69, 9.17) is 10.8 Å². The molecular weight excluding hydrogens is 330 g/mol. The lowest BCUT2D eigenvalue weighted by Crippen LogP contribution is -2.64. The number of amides is 1. The Kier molecular flexibility index (Phi) is 3.82. The van der Waals surface area contributed by atoms with Gasteiger partial charge >= 0.3 is 6.09 Å². The number of aliphatic imine (C=N–C) groups is 1. The van der Waals surface area contributed by atoms with Gasteiger partial charge in [-0.3, -0.25) is 9.11 Å². The summed E-state index contributed by atoms with van der Waals surface area (Å²) in [7, 11) is -3.12. The van der Waals surface area contributed by atoms with Crippen molar-refractivity contribution in [3.05, 3.63) is 29.3 Å². The minimum atomic E-state index is -3.12. The summed E-state index contributed by atoms with van der Waals surface area (Å²) in [5.41, 5.74) is 7.77. The van der Waals surface area contributed by atoms with Gasteiger partial charge in [-0.25, -0.2) is 4.79 Å². The maximum absolute atomic E-state index is 11.1. The molecule has 0 radical (unpaired) electrons. The summed E-state index contributed by atoms with van der Waals surface area (Å²) >= 11 is 0. The van der Waals surface area contributed by atoms with Crippen molar-refractivity contribution < 1.29 is 19.0 Å². The molecule has 1 spiro atoms. The minimum Gasteiger partial charge on any atom is -0.463 e. The molecule has 1 heterocycles. The van der Waals surface area contributed by atoms with E-state index in [0.29, 0.717) is 12.1 Å². The van der Waals surface area contributed by atoms with Crippen LogP contribution in [0.25, 0.3) is 0 Å².